The molecule has 1 aromatic carbocycles. The van der Waals surface area contributed by atoms with Crippen molar-refractivity contribution in [3.05, 3.63) is 40.4 Å². The number of hydrogen-bond donors (Lipinski definition) is 6. The Morgan fingerprint density at radius 3 is 2.44 bits per heavy atom. The number of β-lactam (4-membered cyclic amide) rings is 1. The van der Waals surface area contributed by atoms with Gasteiger partial charge in [0.2, 0.25) is 0 Å². The molecule has 0 bridgehead atoms. The molecule has 2 saturated heterocycles. The molecule has 2 fully saturated rings. The highest BCUT2D eigenvalue weighted by atomic mass is 32.2. The topological polar surface area (TPSA) is 261 Å². The Kier molecular flexibility index (Phi) is 9.51. The van der Waals surface area contributed by atoms with E-state index in [0.717, 1.165) is 6.92 Å². The number of carboxylic acids is 1. The lowest BCUT2D eigenvalue weighted by molar-refractivity contribution is -0.152. The molecule has 17 nitrogen and oxygen atoms in total. The molecule has 3 atom stereocenters. The van der Waals surface area contributed by atoms with Gasteiger partial charge in [0.05, 0.1) is 12.1 Å². The lowest BCUT2D eigenvalue weighted by Gasteiger charge is -2.42. The molecule has 45 heavy (non-hydrogen) atoms. The van der Waals surface area contributed by atoms with Crippen LogP contribution in [0.5, 0.6) is 5.75 Å². The number of amidine groups is 1. The minimum absolute atomic E-state index is 0.0323. The van der Waals surface area contributed by atoms with Gasteiger partial charge in [-0.05, 0) is 31.2 Å². The van der Waals surface area contributed by atoms with Crippen LogP contribution in [0.25, 0.3) is 0 Å². The van der Waals surface area contributed by atoms with Gasteiger partial charge in [-0.25, -0.2) is 14.1 Å². The van der Waals surface area contributed by atoms with Gasteiger partial charge >= 0.3 is 22.4 Å². The number of nitrogens with one attached hydrogen (secondary N) is 2. The molecule has 0 spiro atoms. The van der Waals surface area contributed by atoms with E-state index in [1.165, 1.54) is 12.1 Å². The molecule has 22 heteroatoms. The molecule has 0 radical (unpaired) electrons. The fourth-order valence-corrected chi connectivity index (χ4v) is 5.57. The van der Waals surface area contributed by atoms with Crippen molar-refractivity contribution in [1.29, 1.82) is 0 Å². The summed E-state index contributed by atoms with van der Waals surface area (Å²) in [6, 6.07) is 3.13. The number of nitrogens with two attached hydrogens (primary N) is 2. The van der Waals surface area contributed by atoms with Gasteiger partial charge in [-0.2, -0.15) is 21.6 Å². The van der Waals surface area contributed by atoms with E-state index in [1.807, 2.05) is 5.32 Å². The van der Waals surface area contributed by atoms with Gasteiger partial charge in [0.1, 0.15) is 34.8 Å². The molecule has 0 aliphatic carbocycles. The number of alkyl halides is 3. The standard InChI is InChI=1S/C23H25F3N8O9S2/c1-9-14(20(36)34(9)45(39,40)41)31-19(35)16(15-17(23(24,25)26)44-22(28)32-15)33-43-13(21(37)38)8-42-12-4-2-10(3-5-12)18(27)30-11-6-29-7-11/h2-5,9,11,13-14,29H,6-8H2,1H3,(H2,27,30)(H2,28,32)(H,31,35)(H,37,38)(H,39,40,41)/b33-16-/t9-,13+,14+/m1/s1. The van der Waals surface area contributed by atoms with E-state index in [4.69, 9.17) is 25.6 Å². The summed E-state index contributed by atoms with van der Waals surface area (Å²) in [5.74, 6) is -4.07. The maximum Gasteiger partial charge on any atom is 0.427 e. The zero-order valence-corrected chi connectivity index (χ0v) is 24.5. The summed E-state index contributed by atoms with van der Waals surface area (Å²) in [4.78, 5) is 48.4. The van der Waals surface area contributed by atoms with Crippen LogP contribution in [0.4, 0.5) is 18.3 Å². The molecule has 4 rings (SSSR count). The van der Waals surface area contributed by atoms with Crippen molar-refractivity contribution in [2.24, 2.45) is 15.9 Å². The summed E-state index contributed by atoms with van der Waals surface area (Å²) in [7, 11) is -4.99. The number of nitrogen functional groups attached to an aromatic ring is 1. The number of halogens is 3. The van der Waals surface area contributed by atoms with E-state index < -0.39 is 80.5 Å². The fraction of sp³-hybridized carbons (Fsp3) is 0.391. The average Bonchev–Trinajstić information content (AvgIpc) is 3.32. The summed E-state index contributed by atoms with van der Waals surface area (Å²) < 4.78 is 78.5. The number of aliphatic carboxylic acids is 1. The SMILES string of the molecule is C[C@@H]1[C@H](NC(=O)/C(=N\O[C@@H](COc2ccc(C(N)=NC3CNC3)cc2)C(=O)O)c2nc(N)sc2C(F)(F)F)C(=O)N1S(=O)(=O)O. The lowest BCUT2D eigenvalue weighted by atomic mass is 10.0. The van der Waals surface area contributed by atoms with Crippen LogP contribution in [0.3, 0.4) is 0 Å². The van der Waals surface area contributed by atoms with Crippen LogP contribution in [0.1, 0.15) is 23.1 Å². The molecule has 8 N–H and O–H groups in total. The number of nitrogens with zero attached hydrogens (tertiary/aromatic N) is 4. The van der Waals surface area contributed by atoms with Gasteiger partial charge < -0.3 is 36.8 Å². The van der Waals surface area contributed by atoms with E-state index in [2.05, 4.69) is 20.4 Å². The number of aliphatic imine (C=N–C) groups is 1. The van der Waals surface area contributed by atoms with E-state index in [1.54, 1.807) is 12.1 Å². The number of carboxylic acid groups (broad SMARTS) is 1. The van der Waals surface area contributed by atoms with E-state index in [-0.39, 0.29) is 33.3 Å². The first-order chi connectivity index (χ1) is 21.0. The Balaban J connectivity index is 1.54. The number of hydrogen-bond acceptors (Lipinski definition) is 13. The first-order valence-electron chi connectivity index (χ1n) is 12.7. The lowest BCUT2D eigenvalue weighted by Crippen LogP contribution is -2.71. The molecular formula is C23H25F3N8O9S2. The fourth-order valence-electron chi connectivity index (χ4n) is 3.99. The van der Waals surface area contributed by atoms with Gasteiger partial charge in [-0.1, -0.05) is 16.5 Å². The third kappa shape index (κ3) is 7.58. The largest absolute Gasteiger partial charge is 0.489 e. The van der Waals surface area contributed by atoms with Crippen molar-refractivity contribution < 1.29 is 55.2 Å². The predicted molar refractivity (Wildman–Crippen MR) is 150 cm³/mol. The second-order valence-electron chi connectivity index (χ2n) is 9.57. The third-order valence-corrected chi connectivity index (χ3v) is 8.33. The zero-order chi connectivity index (χ0) is 33.3. The number of carbonyl (C=O) groups excluding carboxylic acids is 2. The van der Waals surface area contributed by atoms with Gasteiger partial charge in [-0.15, -0.1) is 0 Å². The van der Waals surface area contributed by atoms with Crippen LogP contribution >= 0.6 is 11.3 Å². The highest BCUT2D eigenvalue weighted by Gasteiger charge is 2.52. The number of aromatic nitrogens is 1. The molecule has 244 valence electrons. The second-order valence-corrected chi connectivity index (χ2v) is 11.9. The Labute approximate surface area is 255 Å². The number of carbonyl (C=O) groups is 3. The van der Waals surface area contributed by atoms with E-state index in [9.17, 15) is 41.1 Å². The zero-order valence-electron chi connectivity index (χ0n) is 22.9. The maximum atomic E-state index is 13.7. The number of anilines is 1. The van der Waals surface area contributed by atoms with Crippen LogP contribution in [0.15, 0.2) is 34.4 Å². The molecule has 2 aliphatic heterocycles. The van der Waals surface area contributed by atoms with E-state index in [0.29, 0.717) is 18.7 Å². The van der Waals surface area contributed by atoms with Crippen molar-refractivity contribution in [3.63, 3.8) is 0 Å². The Hall–Kier alpha value is -4.54. The van der Waals surface area contributed by atoms with Crippen LogP contribution in [0, 0.1) is 0 Å². The molecular weight excluding hydrogens is 653 g/mol. The van der Waals surface area contributed by atoms with Crippen LogP contribution < -0.4 is 26.8 Å². The minimum Gasteiger partial charge on any atom is -0.489 e. The van der Waals surface area contributed by atoms with Crippen LogP contribution in [-0.4, -0.2) is 101 Å². The molecule has 0 unspecified atom stereocenters. The Morgan fingerprint density at radius 2 is 1.93 bits per heavy atom. The number of ether oxygens (including phenoxy) is 1. The summed E-state index contributed by atoms with van der Waals surface area (Å²) >= 11 is -0.0545. The van der Waals surface area contributed by atoms with Gasteiger partial charge in [-0.3, -0.25) is 19.1 Å². The van der Waals surface area contributed by atoms with Gasteiger partial charge in [0.15, 0.2) is 10.8 Å². The monoisotopic (exact) mass is 678 g/mol. The molecule has 2 amide bonds. The Morgan fingerprint density at radius 1 is 1.29 bits per heavy atom. The first kappa shape index (κ1) is 33.4. The van der Waals surface area contributed by atoms with E-state index >= 15 is 0 Å². The maximum absolute atomic E-state index is 13.7. The third-order valence-electron chi connectivity index (χ3n) is 6.39. The molecule has 2 aromatic rings. The van der Waals surface area contributed by atoms with Gasteiger partial charge in [0, 0.05) is 18.7 Å². The number of benzene rings is 1. The Bertz CT molecular complexity index is 1640. The highest BCUT2D eigenvalue weighted by Crippen LogP contribution is 2.38. The second kappa shape index (κ2) is 12.8. The first-order valence-corrected chi connectivity index (χ1v) is 14.9. The van der Waals surface area contributed by atoms with Crippen LogP contribution in [0.2, 0.25) is 0 Å². The highest BCUT2D eigenvalue weighted by molar-refractivity contribution is 7.84. The predicted octanol–water partition coefficient (Wildman–Crippen LogP) is -0.808. The smallest absolute Gasteiger partial charge is 0.427 e. The van der Waals surface area contributed by atoms with Crippen molar-refractivity contribution in [2.75, 3.05) is 25.4 Å². The molecule has 3 heterocycles. The average molecular weight is 679 g/mol. The summed E-state index contributed by atoms with van der Waals surface area (Å²) in [5.41, 5.74) is 9.61. The number of oxime groups is 1. The van der Waals surface area contributed by atoms with Crippen molar-refractivity contribution in [2.45, 2.75) is 37.3 Å². The normalized spacial score (nSPS) is 20.2. The quantitative estimate of drug-likeness (QED) is 0.0528. The number of thiazole rings is 1. The summed E-state index contributed by atoms with van der Waals surface area (Å²) in [5, 5.41) is 17.3. The van der Waals surface area contributed by atoms with Crippen molar-refractivity contribution in [1.82, 2.24) is 19.9 Å². The number of rotatable bonds is 12. The van der Waals surface area contributed by atoms with Crippen molar-refractivity contribution >= 4 is 56.1 Å². The van der Waals surface area contributed by atoms with Gasteiger partial charge in [0.25, 0.3) is 17.9 Å². The molecule has 2 aliphatic rings. The van der Waals surface area contributed by atoms with Crippen LogP contribution in [-0.2, 0) is 35.7 Å². The van der Waals surface area contributed by atoms with Crippen molar-refractivity contribution in [3.8, 4) is 5.75 Å². The number of amides is 2. The molecule has 0 saturated carbocycles. The summed E-state index contributed by atoms with van der Waals surface area (Å²) in [6.07, 6.45) is -7.08. The molecule has 1 aromatic heterocycles. The minimum atomic E-state index is -5.10. The summed E-state index contributed by atoms with van der Waals surface area (Å²) in [6.45, 7) is 1.77.